The van der Waals surface area contributed by atoms with Crippen LogP contribution in [-0.2, 0) is 22.6 Å². The third kappa shape index (κ3) is 3.07. The van der Waals surface area contributed by atoms with E-state index >= 15 is 0 Å². The van der Waals surface area contributed by atoms with Crippen molar-refractivity contribution >= 4 is 17.5 Å². The van der Waals surface area contributed by atoms with Crippen molar-refractivity contribution in [1.29, 1.82) is 0 Å². The molecule has 126 valence electrons. The maximum atomic E-state index is 12.7. The third-order valence-corrected chi connectivity index (χ3v) is 4.60. The molecule has 1 aromatic heterocycles. The summed E-state index contributed by atoms with van der Waals surface area (Å²) in [5.74, 6) is 0.221. The van der Waals surface area contributed by atoms with E-state index in [1.54, 1.807) is 18.4 Å². The number of anilines is 1. The minimum atomic E-state index is -0.945. The SMILES string of the molecule is CCc1cccc(C)c1NC(=O)C1(C(=O)NCc2ccco2)CC1. The number of carbonyl (C=O) groups excluding carboxylic acids is 2. The minimum absolute atomic E-state index is 0.219. The molecule has 0 aliphatic heterocycles. The van der Waals surface area contributed by atoms with Gasteiger partial charge in [0.1, 0.15) is 11.2 Å². The van der Waals surface area contributed by atoms with Crippen molar-refractivity contribution in [3.05, 3.63) is 53.5 Å². The lowest BCUT2D eigenvalue weighted by atomic mass is 10.0. The van der Waals surface area contributed by atoms with Crippen molar-refractivity contribution in [2.24, 2.45) is 5.41 Å². The Balaban J connectivity index is 1.69. The van der Waals surface area contributed by atoms with Crippen LogP contribution in [0, 0.1) is 12.3 Å². The number of para-hydroxylation sites is 1. The van der Waals surface area contributed by atoms with Crippen LogP contribution in [0.3, 0.4) is 0 Å². The Morgan fingerprint density at radius 1 is 1.17 bits per heavy atom. The highest BCUT2D eigenvalue weighted by atomic mass is 16.3. The van der Waals surface area contributed by atoms with Gasteiger partial charge in [0.05, 0.1) is 12.8 Å². The normalized spacial score (nSPS) is 14.9. The fraction of sp³-hybridized carbons (Fsp3) is 0.368. The zero-order chi connectivity index (χ0) is 17.2. The zero-order valence-electron chi connectivity index (χ0n) is 14.0. The molecule has 2 aromatic rings. The largest absolute Gasteiger partial charge is 0.467 e. The molecule has 2 N–H and O–H groups in total. The van der Waals surface area contributed by atoms with E-state index in [0.29, 0.717) is 25.1 Å². The molecule has 1 saturated carbocycles. The molecule has 0 radical (unpaired) electrons. The standard InChI is InChI=1S/C19H22N2O3/c1-3-14-7-4-6-13(2)16(14)21-18(23)19(9-10-19)17(22)20-12-15-8-5-11-24-15/h4-8,11H,3,9-10,12H2,1-2H3,(H,20,22)(H,21,23). The van der Waals surface area contributed by atoms with E-state index in [-0.39, 0.29) is 11.8 Å². The molecule has 24 heavy (non-hydrogen) atoms. The Morgan fingerprint density at radius 2 is 1.96 bits per heavy atom. The maximum absolute atomic E-state index is 12.7. The van der Waals surface area contributed by atoms with E-state index in [0.717, 1.165) is 23.2 Å². The van der Waals surface area contributed by atoms with Gasteiger partial charge in [0.2, 0.25) is 11.8 Å². The van der Waals surface area contributed by atoms with Gasteiger partial charge in [-0.25, -0.2) is 0 Å². The van der Waals surface area contributed by atoms with Crippen molar-refractivity contribution in [3.63, 3.8) is 0 Å². The highest BCUT2D eigenvalue weighted by molar-refractivity contribution is 6.13. The Labute approximate surface area is 141 Å². The van der Waals surface area contributed by atoms with E-state index in [4.69, 9.17) is 4.42 Å². The first-order valence-corrected chi connectivity index (χ1v) is 8.27. The summed E-state index contributed by atoms with van der Waals surface area (Å²) >= 11 is 0. The second kappa shape index (κ2) is 6.51. The minimum Gasteiger partial charge on any atom is -0.467 e. The second-order valence-electron chi connectivity index (χ2n) is 6.26. The van der Waals surface area contributed by atoms with Crippen LogP contribution in [0.4, 0.5) is 5.69 Å². The molecular formula is C19H22N2O3. The number of amides is 2. The predicted octanol–water partition coefficient (Wildman–Crippen LogP) is 3.19. The van der Waals surface area contributed by atoms with E-state index in [1.165, 1.54) is 0 Å². The monoisotopic (exact) mass is 326 g/mol. The molecule has 1 heterocycles. The summed E-state index contributed by atoms with van der Waals surface area (Å²) in [7, 11) is 0. The first-order valence-electron chi connectivity index (χ1n) is 8.27. The third-order valence-electron chi connectivity index (χ3n) is 4.60. The van der Waals surface area contributed by atoms with Crippen molar-refractivity contribution in [1.82, 2.24) is 5.32 Å². The number of carbonyl (C=O) groups is 2. The molecule has 0 bridgehead atoms. The second-order valence-corrected chi connectivity index (χ2v) is 6.26. The van der Waals surface area contributed by atoms with Gasteiger partial charge in [-0.2, -0.15) is 0 Å². The van der Waals surface area contributed by atoms with Crippen molar-refractivity contribution in [2.75, 3.05) is 5.32 Å². The van der Waals surface area contributed by atoms with Crippen LogP contribution in [0.25, 0.3) is 0 Å². The molecular weight excluding hydrogens is 304 g/mol. The van der Waals surface area contributed by atoms with Gasteiger partial charge in [0.25, 0.3) is 0 Å². The summed E-state index contributed by atoms with van der Waals surface area (Å²) < 4.78 is 5.20. The average Bonchev–Trinajstić information content (AvgIpc) is 3.24. The molecule has 2 amide bonds. The van der Waals surface area contributed by atoms with Gasteiger partial charge in [-0.05, 0) is 49.4 Å². The number of nitrogens with one attached hydrogen (secondary N) is 2. The fourth-order valence-electron chi connectivity index (χ4n) is 2.87. The van der Waals surface area contributed by atoms with Crippen LogP contribution in [-0.4, -0.2) is 11.8 Å². The lowest BCUT2D eigenvalue weighted by Crippen LogP contribution is -2.39. The Hall–Kier alpha value is -2.56. The average molecular weight is 326 g/mol. The summed E-state index contributed by atoms with van der Waals surface area (Å²) in [6.07, 6.45) is 3.55. The van der Waals surface area contributed by atoms with Crippen molar-refractivity contribution < 1.29 is 14.0 Å². The number of hydrogen-bond donors (Lipinski definition) is 2. The quantitative estimate of drug-likeness (QED) is 0.801. The Morgan fingerprint density at radius 3 is 2.58 bits per heavy atom. The van der Waals surface area contributed by atoms with Crippen molar-refractivity contribution in [3.8, 4) is 0 Å². The van der Waals surface area contributed by atoms with Gasteiger partial charge >= 0.3 is 0 Å². The molecule has 1 aliphatic carbocycles. The molecule has 1 fully saturated rings. The summed E-state index contributed by atoms with van der Waals surface area (Å²) in [6, 6.07) is 9.50. The number of rotatable bonds is 6. The van der Waals surface area contributed by atoms with Gasteiger partial charge in [-0.15, -0.1) is 0 Å². The first-order chi connectivity index (χ1) is 11.6. The number of furan rings is 1. The van der Waals surface area contributed by atoms with Gasteiger partial charge in [0.15, 0.2) is 0 Å². The van der Waals surface area contributed by atoms with E-state index < -0.39 is 5.41 Å². The van der Waals surface area contributed by atoms with Gasteiger partial charge in [-0.3, -0.25) is 9.59 Å². The maximum Gasteiger partial charge on any atom is 0.240 e. The number of aryl methyl sites for hydroxylation is 2. The molecule has 3 rings (SSSR count). The Kier molecular flexibility index (Phi) is 4.42. The van der Waals surface area contributed by atoms with Crippen molar-refractivity contribution in [2.45, 2.75) is 39.7 Å². The Bertz CT molecular complexity index is 746. The molecule has 1 aliphatic rings. The van der Waals surface area contributed by atoms with Gasteiger partial charge in [0, 0.05) is 5.69 Å². The van der Waals surface area contributed by atoms with Crippen LogP contribution in [0.5, 0.6) is 0 Å². The van der Waals surface area contributed by atoms with Crippen LogP contribution in [0.15, 0.2) is 41.0 Å². The highest BCUT2D eigenvalue weighted by Gasteiger charge is 2.56. The molecule has 0 atom stereocenters. The lowest BCUT2D eigenvalue weighted by Gasteiger charge is -2.18. The smallest absolute Gasteiger partial charge is 0.240 e. The summed E-state index contributed by atoms with van der Waals surface area (Å²) in [4.78, 5) is 25.2. The van der Waals surface area contributed by atoms with Gasteiger partial charge in [-0.1, -0.05) is 25.1 Å². The summed E-state index contributed by atoms with van der Waals surface area (Å²) in [5, 5.41) is 5.79. The molecule has 0 spiro atoms. The van der Waals surface area contributed by atoms with E-state index in [9.17, 15) is 9.59 Å². The van der Waals surface area contributed by atoms with Crippen LogP contribution >= 0.6 is 0 Å². The fourth-order valence-corrected chi connectivity index (χ4v) is 2.87. The van der Waals surface area contributed by atoms with Crippen LogP contribution in [0.2, 0.25) is 0 Å². The zero-order valence-corrected chi connectivity index (χ0v) is 14.0. The summed E-state index contributed by atoms with van der Waals surface area (Å²) in [6.45, 7) is 4.31. The topological polar surface area (TPSA) is 71.3 Å². The highest BCUT2D eigenvalue weighted by Crippen LogP contribution is 2.47. The predicted molar refractivity (Wildman–Crippen MR) is 91.4 cm³/mol. The molecule has 0 unspecified atom stereocenters. The molecule has 1 aromatic carbocycles. The number of benzene rings is 1. The molecule has 5 heteroatoms. The first kappa shape index (κ1) is 16.3. The van der Waals surface area contributed by atoms with E-state index in [1.807, 2.05) is 32.0 Å². The lowest BCUT2D eigenvalue weighted by molar-refractivity contribution is -0.134. The molecule has 5 nitrogen and oxygen atoms in total. The number of hydrogen-bond acceptors (Lipinski definition) is 3. The summed E-state index contributed by atoms with van der Waals surface area (Å²) in [5.41, 5.74) is 1.97. The van der Waals surface area contributed by atoms with E-state index in [2.05, 4.69) is 10.6 Å². The molecule has 0 saturated heterocycles. The van der Waals surface area contributed by atoms with Gasteiger partial charge < -0.3 is 15.1 Å². The van der Waals surface area contributed by atoms with Crippen LogP contribution in [0.1, 0.15) is 36.7 Å². The van der Waals surface area contributed by atoms with Crippen LogP contribution < -0.4 is 10.6 Å².